The molecule has 0 radical (unpaired) electrons. The van der Waals surface area contributed by atoms with Crippen LogP contribution in [0.25, 0.3) is 0 Å². The molecule has 2 nitrogen and oxygen atoms in total. The maximum Gasteiger partial charge on any atom is 0.00931 e. The second-order valence-electron chi connectivity index (χ2n) is 13.8. The summed E-state index contributed by atoms with van der Waals surface area (Å²) in [6, 6.07) is 0.864. The summed E-state index contributed by atoms with van der Waals surface area (Å²) < 4.78 is 0. The van der Waals surface area contributed by atoms with E-state index in [2.05, 4.69) is 27.7 Å². The molecule has 0 saturated heterocycles. The molecule has 8 unspecified atom stereocenters. The molecule has 4 fully saturated rings. The summed E-state index contributed by atoms with van der Waals surface area (Å²) in [5, 5.41) is 0. The smallest absolute Gasteiger partial charge is 0.00931 e. The summed E-state index contributed by atoms with van der Waals surface area (Å²) in [7, 11) is 0. The van der Waals surface area contributed by atoms with E-state index in [0.29, 0.717) is 34.7 Å². The lowest BCUT2D eigenvalue weighted by molar-refractivity contribution is -0.0674. The van der Waals surface area contributed by atoms with Gasteiger partial charge in [0.15, 0.2) is 0 Å². The molecule has 4 saturated carbocycles. The number of nitrogens with two attached hydrogens (primary N) is 2. The minimum atomic E-state index is 0.432. The van der Waals surface area contributed by atoms with Crippen molar-refractivity contribution in [2.75, 3.05) is 0 Å². The van der Waals surface area contributed by atoms with Crippen molar-refractivity contribution in [3.63, 3.8) is 0 Å². The van der Waals surface area contributed by atoms with E-state index in [4.69, 9.17) is 11.5 Å². The Kier molecular flexibility index (Phi) is 8.58. The van der Waals surface area contributed by atoms with Crippen LogP contribution in [-0.4, -0.2) is 12.1 Å². The first-order valence-corrected chi connectivity index (χ1v) is 15.4. The largest absolute Gasteiger partial charge is 0.327 e. The molecule has 4 N–H and O–H groups in total. The molecule has 0 aromatic rings. The fourth-order valence-electron chi connectivity index (χ4n) is 9.93. The SMILES string of the molecule is CCC1CC(C2(CC3(C4CC(C)C(N)C(CC)C4)CCCCC3)CCCCC2)CC(C)C1N. The zero-order valence-electron chi connectivity index (χ0n) is 22.8. The molecule has 0 aromatic heterocycles. The Bertz CT molecular complexity index is 550. The lowest BCUT2D eigenvalue weighted by atomic mass is 9.48. The van der Waals surface area contributed by atoms with Crippen molar-refractivity contribution in [1.29, 1.82) is 0 Å². The van der Waals surface area contributed by atoms with Gasteiger partial charge in [-0.05, 0) is 104 Å². The normalized spacial score (nSPS) is 43.8. The molecule has 0 bridgehead atoms. The Morgan fingerprint density at radius 2 is 0.939 bits per heavy atom. The van der Waals surface area contributed by atoms with Crippen LogP contribution in [0.3, 0.4) is 0 Å². The fraction of sp³-hybridized carbons (Fsp3) is 1.00. The molecule has 0 aromatic carbocycles. The van der Waals surface area contributed by atoms with Crippen molar-refractivity contribution in [1.82, 2.24) is 0 Å². The van der Waals surface area contributed by atoms with Crippen molar-refractivity contribution < 1.29 is 0 Å². The highest BCUT2D eigenvalue weighted by Crippen LogP contribution is 2.62. The van der Waals surface area contributed by atoms with E-state index in [1.165, 1.54) is 103 Å². The van der Waals surface area contributed by atoms with Gasteiger partial charge in [-0.3, -0.25) is 0 Å². The number of hydrogen-bond donors (Lipinski definition) is 2. The van der Waals surface area contributed by atoms with Crippen molar-refractivity contribution in [2.24, 2.45) is 57.8 Å². The van der Waals surface area contributed by atoms with E-state index in [-0.39, 0.29) is 0 Å². The van der Waals surface area contributed by atoms with Gasteiger partial charge in [-0.1, -0.05) is 79.1 Å². The monoisotopic (exact) mass is 458 g/mol. The second-order valence-corrected chi connectivity index (χ2v) is 13.8. The Morgan fingerprint density at radius 1 is 0.576 bits per heavy atom. The molecular weight excluding hydrogens is 400 g/mol. The first-order valence-electron chi connectivity index (χ1n) is 15.4. The van der Waals surface area contributed by atoms with Crippen LogP contribution in [0.15, 0.2) is 0 Å². The third-order valence-corrected chi connectivity index (χ3v) is 12.1. The van der Waals surface area contributed by atoms with Gasteiger partial charge in [-0.15, -0.1) is 0 Å². The van der Waals surface area contributed by atoms with E-state index >= 15 is 0 Å². The van der Waals surface area contributed by atoms with E-state index in [1.807, 2.05) is 0 Å². The van der Waals surface area contributed by atoms with Gasteiger partial charge in [-0.2, -0.15) is 0 Å². The zero-order chi connectivity index (χ0) is 23.6. The predicted octanol–water partition coefficient (Wildman–Crippen LogP) is 8.08. The van der Waals surface area contributed by atoms with Crippen LogP contribution in [0.2, 0.25) is 0 Å². The molecule has 4 rings (SSSR count). The van der Waals surface area contributed by atoms with Crippen LogP contribution < -0.4 is 11.5 Å². The van der Waals surface area contributed by atoms with E-state index in [9.17, 15) is 0 Å². The Balaban J connectivity index is 1.64. The average molecular weight is 459 g/mol. The number of rotatable bonds is 6. The van der Waals surface area contributed by atoms with Crippen molar-refractivity contribution in [2.45, 2.75) is 149 Å². The van der Waals surface area contributed by atoms with Gasteiger partial charge >= 0.3 is 0 Å². The maximum atomic E-state index is 6.74. The highest BCUT2D eigenvalue weighted by atomic mass is 14.7. The van der Waals surface area contributed by atoms with Crippen molar-refractivity contribution in [3.05, 3.63) is 0 Å². The standard InChI is InChI=1S/C31H58N2/c1-5-24-19-26(17-22(3)28(24)32)30(13-9-7-10-14-30)21-31(15-11-8-12-16-31)27-18-23(4)29(33)25(6-2)20-27/h22-29H,5-21,32-33H2,1-4H3. The van der Waals surface area contributed by atoms with Crippen LogP contribution >= 0.6 is 0 Å². The molecule has 0 heterocycles. The highest BCUT2D eigenvalue weighted by Gasteiger charge is 2.52. The first kappa shape index (κ1) is 26.0. The molecule has 0 amide bonds. The van der Waals surface area contributed by atoms with Gasteiger partial charge < -0.3 is 11.5 Å². The lowest BCUT2D eigenvalue weighted by Gasteiger charge is -2.58. The van der Waals surface area contributed by atoms with Gasteiger partial charge in [0, 0.05) is 12.1 Å². The van der Waals surface area contributed by atoms with Gasteiger partial charge in [0.05, 0.1) is 0 Å². The molecule has 4 aliphatic rings. The van der Waals surface area contributed by atoms with Crippen molar-refractivity contribution >= 4 is 0 Å². The maximum absolute atomic E-state index is 6.74. The van der Waals surface area contributed by atoms with E-state index in [1.54, 1.807) is 6.42 Å². The molecular formula is C31H58N2. The molecule has 8 atom stereocenters. The highest BCUT2D eigenvalue weighted by molar-refractivity contribution is 5.04. The van der Waals surface area contributed by atoms with Crippen molar-refractivity contribution in [3.8, 4) is 0 Å². The van der Waals surface area contributed by atoms with Gasteiger partial charge in [0.25, 0.3) is 0 Å². The third kappa shape index (κ3) is 5.23. The summed E-state index contributed by atoms with van der Waals surface area (Å²) in [5.41, 5.74) is 14.7. The third-order valence-electron chi connectivity index (χ3n) is 12.1. The van der Waals surface area contributed by atoms with Gasteiger partial charge in [-0.25, -0.2) is 0 Å². The van der Waals surface area contributed by atoms with Crippen LogP contribution in [0.4, 0.5) is 0 Å². The van der Waals surface area contributed by atoms with Gasteiger partial charge in [0.2, 0.25) is 0 Å². The van der Waals surface area contributed by atoms with E-state index in [0.717, 1.165) is 23.7 Å². The summed E-state index contributed by atoms with van der Waals surface area (Å²) in [6.07, 6.45) is 24.6. The molecule has 192 valence electrons. The predicted molar refractivity (Wildman–Crippen MR) is 143 cm³/mol. The average Bonchev–Trinajstić information content (AvgIpc) is 2.83. The Hall–Kier alpha value is -0.0800. The second kappa shape index (κ2) is 10.9. The van der Waals surface area contributed by atoms with Crippen LogP contribution in [0.5, 0.6) is 0 Å². The Morgan fingerprint density at radius 3 is 1.27 bits per heavy atom. The molecule has 33 heavy (non-hydrogen) atoms. The lowest BCUT2D eigenvalue weighted by Crippen LogP contribution is -2.51. The minimum Gasteiger partial charge on any atom is -0.327 e. The van der Waals surface area contributed by atoms with Gasteiger partial charge in [0.1, 0.15) is 0 Å². The summed E-state index contributed by atoms with van der Waals surface area (Å²) >= 11 is 0. The van der Waals surface area contributed by atoms with Crippen LogP contribution in [0.1, 0.15) is 137 Å². The molecule has 0 spiro atoms. The fourth-order valence-corrected chi connectivity index (χ4v) is 9.93. The van der Waals surface area contributed by atoms with Crippen LogP contribution in [-0.2, 0) is 0 Å². The summed E-state index contributed by atoms with van der Waals surface area (Å²) in [4.78, 5) is 0. The quantitative estimate of drug-likeness (QED) is 0.422. The first-order chi connectivity index (χ1) is 15.8. The van der Waals surface area contributed by atoms with Crippen LogP contribution in [0, 0.1) is 46.3 Å². The zero-order valence-corrected chi connectivity index (χ0v) is 22.8. The topological polar surface area (TPSA) is 52.0 Å². The molecule has 4 aliphatic carbocycles. The summed E-state index contributed by atoms with van der Waals surface area (Å²) in [6.45, 7) is 9.74. The molecule has 0 aliphatic heterocycles. The Labute approximate surface area is 206 Å². The van der Waals surface area contributed by atoms with E-state index < -0.39 is 0 Å². The minimum absolute atomic E-state index is 0.432. The molecule has 2 heteroatoms. The number of hydrogen-bond acceptors (Lipinski definition) is 2. The summed E-state index contributed by atoms with van der Waals surface area (Å²) in [5.74, 6) is 4.73.